The number of allylic oxidation sites excluding steroid dienone is 1. The van der Waals surface area contributed by atoms with Gasteiger partial charge in [-0.1, -0.05) is 18.2 Å². The smallest absolute Gasteiger partial charge is 0.255 e. The van der Waals surface area contributed by atoms with Gasteiger partial charge < -0.3 is 16.0 Å². The van der Waals surface area contributed by atoms with E-state index < -0.39 is 6.04 Å². The van der Waals surface area contributed by atoms with Crippen molar-refractivity contribution in [3.05, 3.63) is 71.7 Å². The molecule has 10 heteroatoms. The number of hydrogen-bond donors (Lipinski definition) is 3. The number of fused-ring (bicyclic) bond motifs is 2. The Bertz CT molecular complexity index is 1560. The van der Waals surface area contributed by atoms with Crippen LogP contribution in [0, 0.1) is 5.92 Å². The third kappa shape index (κ3) is 5.68. The van der Waals surface area contributed by atoms with Crippen LogP contribution in [0.3, 0.4) is 0 Å². The molecule has 1 aliphatic carbocycles. The molecule has 0 spiro atoms. The largest absolute Gasteiger partial charge is 0.404 e. The van der Waals surface area contributed by atoms with Crippen LogP contribution in [0.15, 0.2) is 59.9 Å². The number of aromatic nitrogens is 2. The minimum Gasteiger partial charge on any atom is -0.404 e. The fourth-order valence-electron chi connectivity index (χ4n) is 5.82. The van der Waals surface area contributed by atoms with Gasteiger partial charge in [-0.3, -0.25) is 29.7 Å². The molecule has 6 rings (SSSR count). The second-order valence-corrected chi connectivity index (χ2v) is 11.0. The Morgan fingerprint density at radius 1 is 1.15 bits per heavy atom. The fraction of sp³-hybridized carbons (Fsp3) is 0.355. The Morgan fingerprint density at radius 3 is 2.78 bits per heavy atom. The van der Waals surface area contributed by atoms with Gasteiger partial charge >= 0.3 is 0 Å². The third-order valence-corrected chi connectivity index (χ3v) is 8.21. The maximum Gasteiger partial charge on any atom is 0.255 e. The van der Waals surface area contributed by atoms with E-state index >= 15 is 0 Å². The molecule has 3 heterocycles. The molecule has 4 N–H and O–H groups in total. The molecule has 2 aliphatic heterocycles. The van der Waals surface area contributed by atoms with E-state index in [2.05, 4.69) is 20.6 Å². The first kappa shape index (κ1) is 26.6. The van der Waals surface area contributed by atoms with Crippen LogP contribution in [-0.4, -0.2) is 57.4 Å². The number of para-hydroxylation sites is 2. The quantitative estimate of drug-likeness (QED) is 0.210. The van der Waals surface area contributed by atoms with Crippen LogP contribution >= 0.6 is 0 Å². The lowest BCUT2D eigenvalue weighted by molar-refractivity contribution is -0.136. The summed E-state index contributed by atoms with van der Waals surface area (Å²) in [6.07, 6.45) is 9.95. The Hall–Kier alpha value is -4.60. The molecule has 3 amide bonds. The second-order valence-electron chi connectivity index (χ2n) is 11.0. The van der Waals surface area contributed by atoms with Crippen molar-refractivity contribution < 1.29 is 14.4 Å². The van der Waals surface area contributed by atoms with Crippen molar-refractivity contribution in [2.24, 2.45) is 16.6 Å². The predicted octanol–water partition coefficient (Wildman–Crippen LogP) is 3.43. The number of amides is 3. The highest BCUT2D eigenvalue weighted by atomic mass is 16.2. The molecule has 1 saturated carbocycles. The number of nitrogens with two attached hydrogens (primary N) is 1. The van der Waals surface area contributed by atoms with Crippen LogP contribution < -0.4 is 16.4 Å². The lowest BCUT2D eigenvalue weighted by Gasteiger charge is -2.32. The number of benzene rings is 2. The van der Waals surface area contributed by atoms with Crippen molar-refractivity contribution in [1.82, 2.24) is 20.2 Å². The molecule has 10 nitrogen and oxygen atoms in total. The van der Waals surface area contributed by atoms with Gasteiger partial charge in [-0.05, 0) is 67.9 Å². The molecule has 3 aliphatic rings. The summed E-state index contributed by atoms with van der Waals surface area (Å²) in [6, 6.07) is 13.3. The first-order valence-corrected chi connectivity index (χ1v) is 14.2. The summed E-state index contributed by atoms with van der Waals surface area (Å²) in [5.41, 5.74) is 11.5. The number of hydrogen-bond acceptors (Lipinski definition) is 8. The number of piperidine rings is 1. The van der Waals surface area contributed by atoms with Crippen LogP contribution in [0.25, 0.3) is 16.6 Å². The van der Waals surface area contributed by atoms with Crippen molar-refractivity contribution >= 4 is 46.2 Å². The van der Waals surface area contributed by atoms with Crippen LogP contribution in [0.4, 0.5) is 5.69 Å². The monoisotopic (exact) mass is 551 g/mol. The van der Waals surface area contributed by atoms with E-state index in [1.54, 1.807) is 11.1 Å². The second kappa shape index (κ2) is 11.5. The highest BCUT2D eigenvalue weighted by Crippen LogP contribution is 2.34. The molecule has 41 heavy (non-hydrogen) atoms. The van der Waals surface area contributed by atoms with E-state index in [-0.39, 0.29) is 24.1 Å². The van der Waals surface area contributed by atoms with Gasteiger partial charge in [-0.2, -0.15) is 0 Å². The summed E-state index contributed by atoms with van der Waals surface area (Å²) in [7, 11) is 0. The van der Waals surface area contributed by atoms with Crippen molar-refractivity contribution in [3.63, 3.8) is 0 Å². The SMILES string of the molecule is NC=C(C=NC1CC(CCCNc2ccc3c(c2)C(=O)N(C2CCC(=O)NC2=O)C3)C1)c1cnc2ccccc2n1. The van der Waals surface area contributed by atoms with Gasteiger partial charge in [-0.25, -0.2) is 4.98 Å². The molecule has 2 aromatic carbocycles. The van der Waals surface area contributed by atoms with Crippen molar-refractivity contribution in [1.29, 1.82) is 0 Å². The Balaban J connectivity index is 0.938. The molecule has 1 atom stereocenters. The molecule has 0 bridgehead atoms. The minimum absolute atomic E-state index is 0.153. The van der Waals surface area contributed by atoms with Gasteiger partial charge in [-0.15, -0.1) is 0 Å². The van der Waals surface area contributed by atoms with Crippen LogP contribution in [0.5, 0.6) is 0 Å². The normalized spacial score (nSPS) is 22.6. The zero-order valence-electron chi connectivity index (χ0n) is 22.8. The summed E-state index contributed by atoms with van der Waals surface area (Å²) >= 11 is 0. The molecule has 0 radical (unpaired) electrons. The number of anilines is 1. The Morgan fingerprint density at radius 2 is 1.98 bits per heavy atom. The third-order valence-electron chi connectivity index (χ3n) is 8.21. The van der Waals surface area contributed by atoms with E-state index in [1.807, 2.05) is 48.7 Å². The van der Waals surface area contributed by atoms with Gasteiger partial charge in [0.1, 0.15) is 6.04 Å². The van der Waals surface area contributed by atoms with Crippen LogP contribution in [-0.2, 0) is 16.1 Å². The Kier molecular flexibility index (Phi) is 7.45. The number of nitrogens with zero attached hydrogens (tertiary/aromatic N) is 4. The molecule has 210 valence electrons. The summed E-state index contributed by atoms with van der Waals surface area (Å²) in [5, 5.41) is 5.78. The number of imide groups is 1. The molecule has 1 saturated heterocycles. The maximum atomic E-state index is 13.0. The number of rotatable bonds is 9. The molecule has 2 fully saturated rings. The van der Waals surface area contributed by atoms with Crippen LogP contribution in [0.2, 0.25) is 0 Å². The number of aliphatic imine (C=N–C) groups is 1. The summed E-state index contributed by atoms with van der Waals surface area (Å²) in [4.78, 5) is 52.2. The van der Waals surface area contributed by atoms with E-state index in [0.717, 1.165) is 60.1 Å². The topological polar surface area (TPSA) is 143 Å². The fourth-order valence-corrected chi connectivity index (χ4v) is 5.82. The highest BCUT2D eigenvalue weighted by Gasteiger charge is 2.39. The number of nitrogens with one attached hydrogen (secondary N) is 2. The summed E-state index contributed by atoms with van der Waals surface area (Å²) in [6.45, 7) is 1.21. The number of carbonyl (C=O) groups is 3. The van der Waals surface area contributed by atoms with E-state index in [4.69, 9.17) is 10.7 Å². The first-order valence-electron chi connectivity index (χ1n) is 14.2. The average molecular weight is 552 g/mol. The lowest BCUT2D eigenvalue weighted by atomic mass is 9.78. The molecule has 1 unspecified atom stereocenters. The zero-order chi connectivity index (χ0) is 28.3. The highest BCUT2D eigenvalue weighted by molar-refractivity contribution is 6.09. The zero-order valence-corrected chi connectivity index (χ0v) is 22.8. The van der Waals surface area contributed by atoms with E-state index in [0.29, 0.717) is 36.2 Å². The number of carbonyl (C=O) groups excluding carboxylic acids is 3. The van der Waals surface area contributed by atoms with E-state index in [1.165, 1.54) is 6.20 Å². The van der Waals surface area contributed by atoms with Gasteiger partial charge in [0, 0.05) is 48.7 Å². The predicted molar refractivity (Wildman–Crippen MR) is 157 cm³/mol. The lowest BCUT2D eigenvalue weighted by Crippen LogP contribution is -2.52. The van der Waals surface area contributed by atoms with Crippen molar-refractivity contribution in [3.8, 4) is 0 Å². The van der Waals surface area contributed by atoms with Gasteiger partial charge in [0.25, 0.3) is 5.91 Å². The molecular formula is C31H33N7O3. The van der Waals surface area contributed by atoms with Gasteiger partial charge in [0.2, 0.25) is 11.8 Å². The van der Waals surface area contributed by atoms with Crippen molar-refractivity contribution in [2.75, 3.05) is 11.9 Å². The first-order chi connectivity index (χ1) is 20.0. The summed E-state index contributed by atoms with van der Waals surface area (Å²) < 4.78 is 0. The molecule has 1 aromatic heterocycles. The molecule has 3 aromatic rings. The maximum absolute atomic E-state index is 13.0. The summed E-state index contributed by atoms with van der Waals surface area (Å²) in [5.74, 6) is -0.176. The van der Waals surface area contributed by atoms with Crippen molar-refractivity contribution in [2.45, 2.75) is 57.2 Å². The Labute approximate surface area is 238 Å². The van der Waals surface area contributed by atoms with Crippen LogP contribution in [0.1, 0.15) is 60.1 Å². The average Bonchev–Trinajstić information content (AvgIpc) is 3.28. The van der Waals surface area contributed by atoms with E-state index in [9.17, 15) is 14.4 Å². The molecular weight excluding hydrogens is 518 g/mol. The van der Waals surface area contributed by atoms with Gasteiger partial charge in [0.05, 0.1) is 29.0 Å². The van der Waals surface area contributed by atoms with Gasteiger partial charge in [0.15, 0.2) is 0 Å². The minimum atomic E-state index is -0.593. The standard InChI is InChI=1S/C31H33N7O3/c32-15-21(27-17-35-25-5-1-2-6-26(25)36-27)16-34-23-12-19(13-23)4-3-11-33-22-8-7-20-18-38(31(41)24(20)14-22)28-9-10-29(39)37-30(28)40/h1-2,5-8,14-17,19,23,28,33H,3-4,9-13,18,32H2,(H,37,39,40).